The lowest BCUT2D eigenvalue weighted by Crippen LogP contribution is -2.34. The van der Waals surface area contributed by atoms with Crippen molar-refractivity contribution in [3.05, 3.63) is 24.3 Å². The van der Waals surface area contributed by atoms with Gasteiger partial charge in [0.1, 0.15) is 12.4 Å². The van der Waals surface area contributed by atoms with Crippen molar-refractivity contribution in [1.29, 1.82) is 5.26 Å². The molecule has 0 spiro atoms. The fourth-order valence-electron chi connectivity index (χ4n) is 1.15. The maximum Gasteiger partial charge on any atom is 0.227 e. The average Bonchev–Trinajstić information content (AvgIpc) is 2.35. The van der Waals surface area contributed by atoms with Crippen LogP contribution in [0.5, 0.6) is 5.75 Å². The maximum atomic E-state index is 11.4. The number of para-hydroxylation sites is 2. The molecular weight excluding hydrogens is 254 g/mol. The number of nitrogens with two attached hydrogens (primary N) is 1. The van der Waals surface area contributed by atoms with Gasteiger partial charge in [0.25, 0.3) is 0 Å². The molecule has 1 atom stereocenters. The third-order valence-corrected chi connectivity index (χ3v) is 3.87. The van der Waals surface area contributed by atoms with E-state index in [-0.39, 0.29) is 13.2 Å². The Bertz CT molecular complexity index is 537. The summed E-state index contributed by atoms with van der Waals surface area (Å²) in [6.07, 6.45) is 0. The van der Waals surface area contributed by atoms with Crippen molar-refractivity contribution < 1.29 is 13.2 Å². The number of nitriles is 1. The molecule has 0 aromatic heterocycles. The van der Waals surface area contributed by atoms with Crippen LogP contribution in [0.1, 0.15) is 6.92 Å². The molecule has 98 valence electrons. The molecule has 1 aromatic rings. The van der Waals surface area contributed by atoms with Crippen molar-refractivity contribution in [2.75, 3.05) is 18.9 Å². The van der Waals surface area contributed by atoms with Crippen LogP contribution in [-0.2, 0) is 10.0 Å². The Kier molecular flexibility index (Phi) is 4.95. The molecule has 1 unspecified atom stereocenters. The number of ether oxygens (including phenoxy) is 1. The molecule has 0 saturated heterocycles. The zero-order valence-electron chi connectivity index (χ0n) is 9.96. The molecule has 1 rings (SSSR count). The Morgan fingerprint density at radius 1 is 1.50 bits per heavy atom. The lowest BCUT2D eigenvalue weighted by Gasteiger charge is -2.10. The lowest BCUT2D eigenvalue weighted by atomic mass is 10.3. The summed E-state index contributed by atoms with van der Waals surface area (Å²) in [5.74, 6) is 0.505. The minimum absolute atomic E-state index is 0.0860. The summed E-state index contributed by atoms with van der Waals surface area (Å²) in [5, 5.41) is 7.44. The second kappa shape index (κ2) is 6.23. The van der Waals surface area contributed by atoms with E-state index in [2.05, 4.69) is 4.72 Å². The van der Waals surface area contributed by atoms with E-state index >= 15 is 0 Å². The van der Waals surface area contributed by atoms with Gasteiger partial charge in [0, 0.05) is 6.54 Å². The summed E-state index contributed by atoms with van der Waals surface area (Å²) >= 11 is 0. The topological polar surface area (TPSA) is 105 Å². The molecule has 0 aliphatic carbocycles. The quantitative estimate of drug-likeness (QED) is 0.577. The van der Waals surface area contributed by atoms with Gasteiger partial charge in [0.05, 0.1) is 11.8 Å². The Morgan fingerprint density at radius 2 is 2.17 bits per heavy atom. The van der Waals surface area contributed by atoms with Gasteiger partial charge in [-0.2, -0.15) is 5.26 Å². The predicted molar refractivity (Wildman–Crippen MR) is 68.3 cm³/mol. The van der Waals surface area contributed by atoms with Crippen LogP contribution in [0.3, 0.4) is 0 Å². The van der Waals surface area contributed by atoms with Crippen LogP contribution < -0.4 is 15.2 Å². The minimum atomic E-state index is -3.60. The summed E-state index contributed by atoms with van der Waals surface area (Å²) in [6.45, 7) is 1.55. The van der Waals surface area contributed by atoms with Crippen molar-refractivity contribution in [2.45, 2.75) is 12.2 Å². The minimum Gasteiger partial charge on any atom is -0.490 e. The molecule has 1 aromatic carbocycles. The predicted octanol–water partition coefficient (Wildman–Crippen LogP) is 0.479. The zero-order chi connectivity index (χ0) is 13.6. The number of sulfonamides is 1. The molecule has 0 fully saturated rings. The maximum absolute atomic E-state index is 11.4. The molecule has 7 heteroatoms. The van der Waals surface area contributed by atoms with Gasteiger partial charge < -0.3 is 10.5 Å². The van der Waals surface area contributed by atoms with Crippen molar-refractivity contribution in [1.82, 2.24) is 4.72 Å². The summed E-state index contributed by atoms with van der Waals surface area (Å²) in [6, 6.07) is 8.60. The highest BCUT2D eigenvalue weighted by Gasteiger charge is 2.18. The molecule has 6 nitrogen and oxygen atoms in total. The van der Waals surface area contributed by atoms with Gasteiger partial charge in [-0.05, 0) is 19.1 Å². The van der Waals surface area contributed by atoms with Crippen molar-refractivity contribution in [2.24, 2.45) is 0 Å². The number of anilines is 1. The average molecular weight is 269 g/mol. The number of nitrogen functional groups attached to an aromatic ring is 1. The number of benzene rings is 1. The van der Waals surface area contributed by atoms with Crippen molar-refractivity contribution >= 4 is 15.7 Å². The summed E-state index contributed by atoms with van der Waals surface area (Å²) in [5.41, 5.74) is 6.14. The Balaban J connectivity index is 2.41. The van der Waals surface area contributed by atoms with Gasteiger partial charge in [0.15, 0.2) is 5.25 Å². The fourth-order valence-corrected chi connectivity index (χ4v) is 1.91. The normalized spacial score (nSPS) is 12.7. The van der Waals surface area contributed by atoms with Crippen LogP contribution in [-0.4, -0.2) is 26.8 Å². The molecule has 0 heterocycles. The molecule has 0 bridgehead atoms. The van der Waals surface area contributed by atoms with E-state index in [4.69, 9.17) is 15.7 Å². The van der Waals surface area contributed by atoms with Crippen LogP contribution in [0.15, 0.2) is 24.3 Å². The van der Waals surface area contributed by atoms with E-state index in [0.717, 1.165) is 0 Å². The smallest absolute Gasteiger partial charge is 0.227 e. The highest BCUT2D eigenvalue weighted by atomic mass is 32.2. The van der Waals surface area contributed by atoms with Gasteiger partial charge in [-0.3, -0.25) is 0 Å². The first-order valence-electron chi connectivity index (χ1n) is 5.33. The first kappa shape index (κ1) is 14.3. The molecule has 0 aliphatic rings. The van der Waals surface area contributed by atoms with Crippen LogP contribution >= 0.6 is 0 Å². The van der Waals surface area contributed by atoms with E-state index in [1.807, 2.05) is 0 Å². The van der Waals surface area contributed by atoms with E-state index < -0.39 is 15.3 Å². The second-order valence-corrected chi connectivity index (χ2v) is 5.68. The summed E-state index contributed by atoms with van der Waals surface area (Å²) in [7, 11) is -3.60. The van der Waals surface area contributed by atoms with Crippen molar-refractivity contribution in [3.63, 3.8) is 0 Å². The van der Waals surface area contributed by atoms with Crippen LogP contribution in [0.25, 0.3) is 0 Å². The molecule has 0 radical (unpaired) electrons. The largest absolute Gasteiger partial charge is 0.490 e. The van der Waals surface area contributed by atoms with E-state index in [1.54, 1.807) is 30.3 Å². The SMILES string of the molecule is CC(C#N)S(=O)(=O)NCCOc1ccccc1N. The van der Waals surface area contributed by atoms with Gasteiger partial charge in [-0.25, -0.2) is 13.1 Å². The molecule has 0 amide bonds. The third kappa shape index (κ3) is 3.91. The summed E-state index contributed by atoms with van der Waals surface area (Å²) in [4.78, 5) is 0. The number of rotatable bonds is 6. The van der Waals surface area contributed by atoms with Gasteiger partial charge in [-0.15, -0.1) is 0 Å². The Morgan fingerprint density at radius 3 is 2.78 bits per heavy atom. The number of nitrogens with one attached hydrogen (secondary N) is 1. The van der Waals surface area contributed by atoms with Crippen LogP contribution in [0.4, 0.5) is 5.69 Å². The first-order chi connectivity index (χ1) is 8.47. The highest BCUT2D eigenvalue weighted by Crippen LogP contribution is 2.19. The van der Waals surface area contributed by atoms with Gasteiger partial charge in [-0.1, -0.05) is 12.1 Å². The number of nitrogens with zero attached hydrogens (tertiary/aromatic N) is 1. The van der Waals surface area contributed by atoms with Crippen LogP contribution in [0.2, 0.25) is 0 Å². The second-order valence-electron chi connectivity index (χ2n) is 3.60. The van der Waals surface area contributed by atoms with Gasteiger partial charge >= 0.3 is 0 Å². The Labute approximate surface area is 106 Å². The van der Waals surface area contributed by atoms with E-state index in [0.29, 0.717) is 11.4 Å². The first-order valence-corrected chi connectivity index (χ1v) is 6.87. The van der Waals surface area contributed by atoms with E-state index in [9.17, 15) is 8.42 Å². The monoisotopic (exact) mass is 269 g/mol. The standard InChI is InChI=1S/C11H15N3O3S/c1-9(8-12)18(15,16)14-6-7-17-11-5-3-2-4-10(11)13/h2-5,9,14H,6-7,13H2,1H3. The lowest BCUT2D eigenvalue weighted by molar-refractivity contribution is 0.324. The third-order valence-electron chi connectivity index (χ3n) is 2.23. The molecule has 3 N–H and O–H groups in total. The van der Waals surface area contributed by atoms with E-state index in [1.165, 1.54) is 6.92 Å². The van der Waals surface area contributed by atoms with Gasteiger partial charge in [0.2, 0.25) is 10.0 Å². The van der Waals surface area contributed by atoms with Crippen molar-refractivity contribution in [3.8, 4) is 11.8 Å². The summed E-state index contributed by atoms with van der Waals surface area (Å²) < 4.78 is 30.4. The highest BCUT2D eigenvalue weighted by molar-refractivity contribution is 7.90. The zero-order valence-corrected chi connectivity index (χ0v) is 10.8. The molecular formula is C11H15N3O3S. The Hall–Kier alpha value is -1.78. The molecule has 0 aliphatic heterocycles. The fraction of sp³-hybridized carbons (Fsp3) is 0.364. The number of hydrogen-bond acceptors (Lipinski definition) is 5. The number of hydrogen-bond donors (Lipinski definition) is 2. The molecule has 0 saturated carbocycles. The molecule has 18 heavy (non-hydrogen) atoms. The van der Waals surface area contributed by atoms with Crippen LogP contribution in [0, 0.1) is 11.3 Å².